The minimum atomic E-state index is -2.99. The van der Waals surface area contributed by atoms with E-state index in [1.54, 1.807) is 12.1 Å². The van der Waals surface area contributed by atoms with Gasteiger partial charge in [0.25, 0.3) is 0 Å². The highest BCUT2D eigenvalue weighted by atomic mass is 19.3. The summed E-state index contributed by atoms with van der Waals surface area (Å²) in [5.41, 5.74) is 1.49. The second-order valence-corrected chi connectivity index (χ2v) is 6.30. The first-order chi connectivity index (χ1) is 14.1. The van der Waals surface area contributed by atoms with Crippen molar-refractivity contribution in [2.24, 2.45) is 0 Å². The van der Waals surface area contributed by atoms with Gasteiger partial charge in [-0.05, 0) is 36.1 Å². The lowest BCUT2D eigenvalue weighted by Gasteiger charge is -2.12. The first-order valence-electron chi connectivity index (χ1n) is 9.20. The number of nitrogens with one attached hydrogen (secondary N) is 1. The van der Waals surface area contributed by atoms with E-state index in [1.165, 1.54) is 30.7 Å². The van der Waals surface area contributed by atoms with Crippen LogP contribution in [0.4, 0.5) is 8.78 Å². The van der Waals surface area contributed by atoms with Crippen LogP contribution in [0.2, 0.25) is 0 Å². The topological polar surface area (TPSA) is 52.5 Å². The van der Waals surface area contributed by atoms with Crippen LogP contribution in [0.5, 0.6) is 11.5 Å². The number of alkyl halides is 2. The van der Waals surface area contributed by atoms with E-state index in [2.05, 4.69) is 32.8 Å². The SMILES string of the molecule is COc1cccc(/C=C/C(=O)NCCCn2ccc3ccccc32)c1OC(F)F. The van der Waals surface area contributed by atoms with Crippen molar-refractivity contribution in [3.05, 3.63) is 66.4 Å². The molecule has 0 aliphatic carbocycles. The van der Waals surface area contributed by atoms with E-state index >= 15 is 0 Å². The van der Waals surface area contributed by atoms with E-state index in [-0.39, 0.29) is 17.4 Å². The third kappa shape index (κ3) is 5.34. The normalized spacial score (nSPS) is 11.3. The van der Waals surface area contributed by atoms with Gasteiger partial charge in [0, 0.05) is 36.4 Å². The maximum Gasteiger partial charge on any atom is 0.387 e. The number of rotatable bonds is 9. The monoisotopic (exact) mass is 400 g/mol. The number of benzene rings is 2. The van der Waals surface area contributed by atoms with E-state index in [4.69, 9.17) is 4.74 Å². The molecule has 0 bridgehead atoms. The molecule has 152 valence electrons. The van der Waals surface area contributed by atoms with Gasteiger partial charge in [-0.1, -0.05) is 30.3 Å². The number of amides is 1. The van der Waals surface area contributed by atoms with Crippen LogP contribution in [-0.2, 0) is 11.3 Å². The highest BCUT2D eigenvalue weighted by Crippen LogP contribution is 2.33. The molecule has 0 saturated carbocycles. The van der Waals surface area contributed by atoms with E-state index < -0.39 is 6.61 Å². The van der Waals surface area contributed by atoms with Crippen molar-refractivity contribution in [3.63, 3.8) is 0 Å². The highest BCUT2D eigenvalue weighted by Gasteiger charge is 2.14. The Morgan fingerprint density at radius 2 is 2.00 bits per heavy atom. The van der Waals surface area contributed by atoms with Crippen molar-refractivity contribution in [1.82, 2.24) is 9.88 Å². The molecular formula is C22H22F2N2O3. The van der Waals surface area contributed by atoms with Crippen LogP contribution in [-0.4, -0.2) is 30.7 Å². The van der Waals surface area contributed by atoms with Crippen molar-refractivity contribution in [3.8, 4) is 11.5 Å². The minimum absolute atomic E-state index is 0.103. The van der Waals surface area contributed by atoms with Crippen molar-refractivity contribution < 1.29 is 23.0 Å². The zero-order chi connectivity index (χ0) is 20.6. The van der Waals surface area contributed by atoms with Gasteiger partial charge in [-0.25, -0.2) is 0 Å². The van der Waals surface area contributed by atoms with E-state index in [1.807, 2.05) is 18.3 Å². The number of para-hydroxylation sites is 2. The summed E-state index contributed by atoms with van der Waals surface area (Å²) in [4.78, 5) is 12.1. The van der Waals surface area contributed by atoms with Gasteiger partial charge in [-0.2, -0.15) is 8.78 Å². The number of aromatic nitrogens is 1. The highest BCUT2D eigenvalue weighted by molar-refractivity contribution is 5.92. The standard InChI is InChI=1S/C22H22F2N2O3/c1-28-19-9-4-7-17(21(19)29-22(23)24)10-11-20(27)25-13-5-14-26-15-12-16-6-2-3-8-18(16)26/h2-4,6-12,15,22H,5,13-14H2,1H3,(H,25,27)/b11-10+. The molecule has 3 aromatic rings. The van der Waals surface area contributed by atoms with Crippen molar-refractivity contribution in [2.75, 3.05) is 13.7 Å². The van der Waals surface area contributed by atoms with Gasteiger partial charge in [-0.15, -0.1) is 0 Å². The van der Waals surface area contributed by atoms with Gasteiger partial charge >= 0.3 is 6.61 Å². The molecule has 3 rings (SSSR count). The number of hydrogen-bond donors (Lipinski definition) is 1. The van der Waals surface area contributed by atoms with Crippen molar-refractivity contribution >= 4 is 22.9 Å². The second-order valence-electron chi connectivity index (χ2n) is 6.30. The fraction of sp³-hybridized carbons (Fsp3) is 0.227. The first kappa shape index (κ1) is 20.4. The maximum absolute atomic E-state index is 12.7. The fourth-order valence-corrected chi connectivity index (χ4v) is 3.06. The number of aryl methyl sites for hydroxylation is 1. The third-order valence-electron chi connectivity index (χ3n) is 4.41. The molecule has 2 aromatic carbocycles. The molecule has 0 atom stereocenters. The van der Waals surface area contributed by atoms with Crippen LogP contribution in [0.3, 0.4) is 0 Å². The molecule has 5 nitrogen and oxygen atoms in total. The maximum atomic E-state index is 12.7. The van der Waals surface area contributed by atoms with Crippen LogP contribution in [0.25, 0.3) is 17.0 Å². The summed E-state index contributed by atoms with van der Waals surface area (Å²) >= 11 is 0. The molecule has 0 unspecified atom stereocenters. The first-order valence-corrected chi connectivity index (χ1v) is 9.20. The molecule has 1 N–H and O–H groups in total. The molecule has 0 radical (unpaired) electrons. The number of halogens is 2. The van der Waals surface area contributed by atoms with E-state index in [9.17, 15) is 13.6 Å². The lowest BCUT2D eigenvalue weighted by molar-refractivity contribution is -0.116. The Morgan fingerprint density at radius 1 is 1.17 bits per heavy atom. The van der Waals surface area contributed by atoms with Gasteiger partial charge in [0.2, 0.25) is 5.91 Å². The van der Waals surface area contributed by atoms with Crippen LogP contribution in [0, 0.1) is 0 Å². The molecular weight excluding hydrogens is 378 g/mol. The van der Waals surface area contributed by atoms with Gasteiger partial charge in [0.15, 0.2) is 11.5 Å². The molecule has 29 heavy (non-hydrogen) atoms. The smallest absolute Gasteiger partial charge is 0.387 e. The van der Waals surface area contributed by atoms with Crippen molar-refractivity contribution in [1.29, 1.82) is 0 Å². The summed E-state index contributed by atoms with van der Waals surface area (Å²) in [5.74, 6) is -0.242. The molecule has 7 heteroatoms. The summed E-state index contributed by atoms with van der Waals surface area (Å²) in [6.45, 7) is -1.72. The Balaban J connectivity index is 1.53. The fourth-order valence-electron chi connectivity index (χ4n) is 3.06. The van der Waals surface area contributed by atoms with E-state index in [0.717, 1.165) is 18.5 Å². The molecule has 1 aromatic heterocycles. The Morgan fingerprint density at radius 3 is 2.79 bits per heavy atom. The number of ether oxygens (including phenoxy) is 2. The predicted molar refractivity (Wildman–Crippen MR) is 108 cm³/mol. The summed E-state index contributed by atoms with van der Waals surface area (Å²) in [5, 5.41) is 3.97. The summed E-state index contributed by atoms with van der Waals surface area (Å²) < 4.78 is 37.0. The third-order valence-corrected chi connectivity index (χ3v) is 4.41. The van der Waals surface area contributed by atoms with Gasteiger partial charge in [-0.3, -0.25) is 4.79 Å². The van der Waals surface area contributed by atoms with Gasteiger partial charge in [0.05, 0.1) is 7.11 Å². The number of hydrogen-bond acceptors (Lipinski definition) is 3. The van der Waals surface area contributed by atoms with Crippen LogP contribution >= 0.6 is 0 Å². The molecule has 1 amide bonds. The molecule has 0 spiro atoms. The van der Waals surface area contributed by atoms with Crippen molar-refractivity contribution in [2.45, 2.75) is 19.6 Å². The van der Waals surface area contributed by atoms with E-state index in [0.29, 0.717) is 12.1 Å². The van der Waals surface area contributed by atoms with Crippen LogP contribution < -0.4 is 14.8 Å². The lowest BCUT2D eigenvalue weighted by Crippen LogP contribution is -2.23. The zero-order valence-corrected chi connectivity index (χ0v) is 16.0. The van der Waals surface area contributed by atoms with Crippen LogP contribution in [0.15, 0.2) is 60.8 Å². The Bertz CT molecular complexity index is 999. The molecule has 0 saturated heterocycles. The average Bonchev–Trinajstić information content (AvgIpc) is 3.13. The summed E-state index contributed by atoms with van der Waals surface area (Å²) in [7, 11) is 1.36. The quantitative estimate of drug-likeness (QED) is 0.426. The second kappa shape index (κ2) is 9.73. The number of methoxy groups -OCH3 is 1. The zero-order valence-electron chi connectivity index (χ0n) is 16.0. The molecule has 0 fully saturated rings. The Labute approximate surface area is 167 Å². The number of fused-ring (bicyclic) bond motifs is 1. The lowest BCUT2D eigenvalue weighted by atomic mass is 10.1. The summed E-state index contributed by atoms with van der Waals surface area (Å²) in [6.07, 6.45) is 5.50. The van der Waals surface area contributed by atoms with Gasteiger partial charge in [0.1, 0.15) is 0 Å². The predicted octanol–water partition coefficient (Wildman–Crippen LogP) is 4.47. The summed E-state index contributed by atoms with van der Waals surface area (Å²) in [6, 6.07) is 14.9. The number of carbonyl (C=O) groups is 1. The molecule has 0 aliphatic rings. The average molecular weight is 400 g/mol. The number of carbonyl (C=O) groups excluding carboxylic acids is 1. The Hall–Kier alpha value is -3.35. The number of nitrogens with zero attached hydrogens (tertiary/aromatic N) is 1. The minimum Gasteiger partial charge on any atom is -0.493 e. The van der Waals surface area contributed by atoms with Crippen LogP contribution in [0.1, 0.15) is 12.0 Å². The Kier molecular flexibility index (Phi) is 6.84. The van der Waals surface area contributed by atoms with Gasteiger partial charge < -0.3 is 19.4 Å². The molecule has 0 aliphatic heterocycles. The largest absolute Gasteiger partial charge is 0.493 e. The molecule has 1 heterocycles.